The van der Waals surface area contributed by atoms with Gasteiger partial charge < -0.3 is 9.52 Å². The number of hydrogen-bond acceptors (Lipinski definition) is 4. The quantitative estimate of drug-likeness (QED) is 0.851. The summed E-state index contributed by atoms with van der Waals surface area (Å²) in [5.74, 6) is 1.68. The highest BCUT2D eigenvalue weighted by atomic mass is 16.4. The van der Waals surface area contributed by atoms with Crippen molar-refractivity contribution in [1.82, 2.24) is 9.88 Å². The number of hydrogen-bond donors (Lipinski definition) is 1. The van der Waals surface area contributed by atoms with Crippen molar-refractivity contribution < 1.29 is 9.52 Å². The van der Waals surface area contributed by atoms with E-state index in [4.69, 9.17) is 9.52 Å². The lowest BCUT2D eigenvalue weighted by Gasteiger charge is -2.19. The van der Waals surface area contributed by atoms with Gasteiger partial charge in [-0.2, -0.15) is 0 Å². The van der Waals surface area contributed by atoms with E-state index in [1.807, 2.05) is 6.20 Å². The molecule has 1 saturated carbocycles. The van der Waals surface area contributed by atoms with Crippen LogP contribution in [0.4, 0.5) is 0 Å². The zero-order valence-corrected chi connectivity index (χ0v) is 10.9. The molecule has 17 heavy (non-hydrogen) atoms. The number of aromatic nitrogens is 1. The van der Waals surface area contributed by atoms with E-state index in [9.17, 15) is 0 Å². The molecule has 2 rings (SSSR count). The van der Waals surface area contributed by atoms with Gasteiger partial charge in [-0.15, -0.1) is 0 Å². The lowest BCUT2D eigenvalue weighted by molar-refractivity contribution is 0.169. The topological polar surface area (TPSA) is 49.5 Å². The smallest absolute Gasteiger partial charge is 0.208 e. The molecule has 0 aromatic carbocycles. The average Bonchev–Trinajstić information content (AvgIpc) is 2.96. The summed E-state index contributed by atoms with van der Waals surface area (Å²) in [7, 11) is 0. The van der Waals surface area contributed by atoms with Crippen LogP contribution < -0.4 is 0 Å². The summed E-state index contributed by atoms with van der Waals surface area (Å²) < 4.78 is 5.77. The highest BCUT2D eigenvalue weighted by Gasteiger charge is 2.30. The molecule has 1 fully saturated rings. The standard InChI is InChI=1S/C13H22N2O2/c1-13(2,3)11-8-14-12(17-11)9-15(6-7-16)10-4-5-10/h8,10,16H,4-7,9H2,1-3H3. The maximum absolute atomic E-state index is 9.03. The SMILES string of the molecule is CC(C)(C)c1cnc(CN(CCO)C2CC2)o1. The molecule has 0 saturated heterocycles. The lowest BCUT2D eigenvalue weighted by Crippen LogP contribution is -2.28. The van der Waals surface area contributed by atoms with Crippen LogP contribution >= 0.6 is 0 Å². The summed E-state index contributed by atoms with van der Waals surface area (Å²) in [6, 6.07) is 0.618. The summed E-state index contributed by atoms with van der Waals surface area (Å²) in [5, 5.41) is 9.03. The molecule has 0 aliphatic heterocycles. The van der Waals surface area contributed by atoms with Gasteiger partial charge in [0, 0.05) is 18.0 Å². The number of nitrogens with zero attached hydrogens (tertiary/aromatic N) is 2. The van der Waals surface area contributed by atoms with Gasteiger partial charge in [0.05, 0.1) is 19.3 Å². The molecule has 4 nitrogen and oxygen atoms in total. The van der Waals surface area contributed by atoms with E-state index in [0.717, 1.165) is 11.7 Å². The molecule has 0 atom stereocenters. The molecule has 0 radical (unpaired) electrons. The van der Waals surface area contributed by atoms with Gasteiger partial charge in [0.1, 0.15) is 5.76 Å². The normalized spacial score (nSPS) is 16.8. The number of rotatable bonds is 5. The van der Waals surface area contributed by atoms with Gasteiger partial charge in [-0.1, -0.05) is 20.8 Å². The monoisotopic (exact) mass is 238 g/mol. The largest absolute Gasteiger partial charge is 0.444 e. The molecule has 0 bridgehead atoms. The zero-order valence-electron chi connectivity index (χ0n) is 10.9. The fraction of sp³-hybridized carbons (Fsp3) is 0.769. The van der Waals surface area contributed by atoms with Crippen LogP contribution in [0.25, 0.3) is 0 Å². The van der Waals surface area contributed by atoms with E-state index >= 15 is 0 Å². The van der Waals surface area contributed by atoms with Gasteiger partial charge in [0.2, 0.25) is 5.89 Å². The van der Waals surface area contributed by atoms with Crippen LogP contribution in [0.3, 0.4) is 0 Å². The minimum atomic E-state index is 0.00659. The molecule has 1 aromatic rings. The Morgan fingerprint density at radius 2 is 2.18 bits per heavy atom. The fourth-order valence-corrected chi connectivity index (χ4v) is 1.86. The van der Waals surface area contributed by atoms with Crippen molar-refractivity contribution in [3.63, 3.8) is 0 Å². The molecule has 0 amide bonds. The van der Waals surface area contributed by atoms with Gasteiger partial charge in [-0.05, 0) is 12.8 Å². The predicted molar refractivity (Wildman–Crippen MR) is 65.7 cm³/mol. The summed E-state index contributed by atoms with van der Waals surface area (Å²) in [6.45, 7) is 7.96. The third-order valence-corrected chi connectivity index (χ3v) is 3.08. The number of aliphatic hydroxyl groups is 1. The first-order chi connectivity index (χ1) is 8.00. The van der Waals surface area contributed by atoms with Gasteiger partial charge in [0.15, 0.2) is 0 Å². The van der Waals surface area contributed by atoms with Crippen molar-refractivity contribution >= 4 is 0 Å². The maximum atomic E-state index is 9.03. The fourth-order valence-electron chi connectivity index (χ4n) is 1.86. The Balaban J connectivity index is 1.99. The molecule has 96 valence electrons. The van der Waals surface area contributed by atoms with Crippen LogP contribution in [0, 0.1) is 0 Å². The second kappa shape index (κ2) is 4.78. The summed E-state index contributed by atoms with van der Waals surface area (Å²) in [5.41, 5.74) is 0.00659. The van der Waals surface area contributed by atoms with Crippen molar-refractivity contribution in [3.05, 3.63) is 17.8 Å². The van der Waals surface area contributed by atoms with Crippen LogP contribution in [0.15, 0.2) is 10.6 Å². The molecule has 0 spiro atoms. The Kier molecular flexibility index (Phi) is 3.54. The summed E-state index contributed by atoms with van der Waals surface area (Å²) in [6.07, 6.45) is 4.28. The zero-order chi connectivity index (χ0) is 12.5. The molecular formula is C13H22N2O2. The van der Waals surface area contributed by atoms with Crippen LogP contribution in [-0.4, -0.2) is 34.2 Å². The Morgan fingerprint density at radius 1 is 1.47 bits per heavy atom. The van der Waals surface area contributed by atoms with E-state index < -0.39 is 0 Å². The highest BCUT2D eigenvalue weighted by molar-refractivity contribution is 5.06. The molecule has 1 aromatic heterocycles. The Labute approximate surface area is 103 Å². The van der Waals surface area contributed by atoms with Crippen molar-refractivity contribution in [2.75, 3.05) is 13.2 Å². The van der Waals surface area contributed by atoms with Crippen molar-refractivity contribution in [1.29, 1.82) is 0 Å². The van der Waals surface area contributed by atoms with Crippen LogP contribution in [0.1, 0.15) is 45.3 Å². The van der Waals surface area contributed by atoms with Crippen molar-refractivity contribution in [2.45, 2.75) is 51.6 Å². The van der Waals surface area contributed by atoms with E-state index in [1.165, 1.54) is 12.8 Å². The minimum absolute atomic E-state index is 0.00659. The van der Waals surface area contributed by atoms with Crippen molar-refractivity contribution in [2.24, 2.45) is 0 Å². The van der Waals surface area contributed by atoms with Crippen LogP contribution in [-0.2, 0) is 12.0 Å². The van der Waals surface area contributed by atoms with Crippen LogP contribution in [0.5, 0.6) is 0 Å². The van der Waals surface area contributed by atoms with E-state index in [1.54, 1.807) is 0 Å². The summed E-state index contributed by atoms with van der Waals surface area (Å²) >= 11 is 0. The van der Waals surface area contributed by atoms with E-state index in [0.29, 0.717) is 19.1 Å². The third kappa shape index (κ3) is 3.30. The summed E-state index contributed by atoms with van der Waals surface area (Å²) in [4.78, 5) is 6.57. The average molecular weight is 238 g/mol. The first-order valence-corrected chi connectivity index (χ1v) is 6.31. The molecule has 1 N–H and O–H groups in total. The Hall–Kier alpha value is -0.870. The number of oxazole rings is 1. The van der Waals surface area contributed by atoms with Gasteiger partial charge in [-0.3, -0.25) is 4.90 Å². The van der Waals surface area contributed by atoms with Crippen molar-refractivity contribution in [3.8, 4) is 0 Å². The van der Waals surface area contributed by atoms with Gasteiger partial charge in [-0.25, -0.2) is 4.98 Å². The van der Waals surface area contributed by atoms with E-state index in [2.05, 4.69) is 30.7 Å². The molecule has 1 heterocycles. The van der Waals surface area contributed by atoms with Crippen LogP contribution in [0.2, 0.25) is 0 Å². The number of aliphatic hydroxyl groups excluding tert-OH is 1. The lowest BCUT2D eigenvalue weighted by atomic mass is 9.94. The Bertz CT molecular complexity index is 364. The Morgan fingerprint density at radius 3 is 2.65 bits per heavy atom. The molecule has 0 unspecified atom stereocenters. The molecular weight excluding hydrogens is 216 g/mol. The molecule has 1 aliphatic carbocycles. The molecule has 1 aliphatic rings. The second-order valence-corrected chi connectivity index (χ2v) is 5.79. The first-order valence-electron chi connectivity index (χ1n) is 6.31. The predicted octanol–water partition coefficient (Wildman–Crippen LogP) is 1.93. The minimum Gasteiger partial charge on any atom is -0.444 e. The first kappa shape index (κ1) is 12.6. The maximum Gasteiger partial charge on any atom is 0.208 e. The third-order valence-electron chi connectivity index (χ3n) is 3.08. The second-order valence-electron chi connectivity index (χ2n) is 5.79. The molecule has 4 heteroatoms. The van der Waals surface area contributed by atoms with Gasteiger partial charge in [0.25, 0.3) is 0 Å². The highest BCUT2D eigenvalue weighted by Crippen LogP contribution is 2.29. The van der Waals surface area contributed by atoms with E-state index in [-0.39, 0.29) is 12.0 Å². The van der Waals surface area contributed by atoms with Gasteiger partial charge >= 0.3 is 0 Å².